The molecule has 16 heavy (non-hydrogen) atoms. The fourth-order valence-electron chi connectivity index (χ4n) is 1.45. The average molecular weight is 225 g/mol. The molecule has 1 rings (SSSR count). The molecule has 0 aliphatic carbocycles. The van der Waals surface area contributed by atoms with Crippen LogP contribution in [-0.4, -0.2) is 18.0 Å². The van der Waals surface area contributed by atoms with Crippen molar-refractivity contribution in [2.75, 3.05) is 6.54 Å². The molecular formula is C10H19N5O. The molecule has 0 amide bonds. The van der Waals surface area contributed by atoms with Gasteiger partial charge in [-0.25, -0.2) is 10.9 Å². The van der Waals surface area contributed by atoms with Crippen molar-refractivity contribution < 1.29 is 4.79 Å². The van der Waals surface area contributed by atoms with Gasteiger partial charge in [0.15, 0.2) is 0 Å². The Kier molecular flexibility index (Phi) is 3.91. The van der Waals surface area contributed by atoms with Crippen LogP contribution in [0, 0.1) is 5.41 Å². The number of hydrazine groups is 1. The highest BCUT2D eigenvalue weighted by Gasteiger charge is 2.41. The smallest absolute Gasteiger partial charge is 0.138 e. The lowest BCUT2D eigenvalue weighted by Gasteiger charge is -2.18. The van der Waals surface area contributed by atoms with Crippen LogP contribution in [0.2, 0.25) is 0 Å². The Hall–Kier alpha value is -1.10. The maximum Gasteiger partial charge on any atom is 0.138 e. The van der Waals surface area contributed by atoms with E-state index in [4.69, 9.17) is 5.53 Å². The van der Waals surface area contributed by atoms with Crippen molar-refractivity contribution in [3.8, 4) is 0 Å². The van der Waals surface area contributed by atoms with Crippen molar-refractivity contribution in [3.05, 3.63) is 10.4 Å². The second-order valence-corrected chi connectivity index (χ2v) is 5.21. The summed E-state index contributed by atoms with van der Waals surface area (Å²) in [5.74, 6) is 0.256. The molecule has 0 unspecified atom stereocenters. The number of rotatable bonds is 6. The van der Waals surface area contributed by atoms with E-state index in [1.54, 1.807) is 0 Å². The van der Waals surface area contributed by atoms with Crippen molar-refractivity contribution in [1.29, 1.82) is 0 Å². The van der Waals surface area contributed by atoms with Crippen molar-refractivity contribution in [2.24, 2.45) is 10.5 Å². The van der Waals surface area contributed by atoms with Gasteiger partial charge in [-0.3, -0.25) is 4.79 Å². The van der Waals surface area contributed by atoms with Crippen molar-refractivity contribution in [3.63, 3.8) is 0 Å². The number of azide groups is 1. The van der Waals surface area contributed by atoms with Crippen LogP contribution in [0.15, 0.2) is 5.11 Å². The van der Waals surface area contributed by atoms with Crippen LogP contribution in [-0.2, 0) is 4.79 Å². The first-order chi connectivity index (χ1) is 7.40. The summed E-state index contributed by atoms with van der Waals surface area (Å²) in [7, 11) is 0. The monoisotopic (exact) mass is 225 g/mol. The van der Waals surface area contributed by atoms with Gasteiger partial charge in [-0.05, 0) is 18.4 Å². The molecule has 1 heterocycles. The summed E-state index contributed by atoms with van der Waals surface area (Å²) >= 11 is 0. The lowest BCUT2D eigenvalue weighted by molar-refractivity contribution is -0.126. The number of nitrogens with one attached hydrogen (secondary N) is 2. The van der Waals surface area contributed by atoms with E-state index < -0.39 is 0 Å². The van der Waals surface area contributed by atoms with Gasteiger partial charge in [0.2, 0.25) is 0 Å². The molecular weight excluding hydrogens is 206 g/mol. The molecule has 1 aliphatic rings. The Morgan fingerprint density at radius 3 is 2.44 bits per heavy atom. The van der Waals surface area contributed by atoms with E-state index in [9.17, 15) is 4.79 Å². The van der Waals surface area contributed by atoms with Crippen LogP contribution in [0.3, 0.4) is 0 Å². The number of hydrogen-bond acceptors (Lipinski definition) is 4. The summed E-state index contributed by atoms with van der Waals surface area (Å²) in [6.07, 6.45) is 2.00. The third-order valence-electron chi connectivity index (χ3n) is 2.80. The molecule has 0 aromatic heterocycles. The summed E-state index contributed by atoms with van der Waals surface area (Å²) < 4.78 is 0. The summed E-state index contributed by atoms with van der Waals surface area (Å²) in [4.78, 5) is 14.4. The van der Waals surface area contributed by atoms with Gasteiger partial charge >= 0.3 is 0 Å². The number of carbonyl (C=O) groups excluding carboxylic acids is 1. The average Bonchev–Trinajstić information content (AvgIpc) is 2.94. The minimum absolute atomic E-state index is 0.185. The molecule has 0 saturated carbocycles. The lowest BCUT2D eigenvalue weighted by atomic mass is 9.86. The fourth-order valence-corrected chi connectivity index (χ4v) is 1.45. The first-order valence-corrected chi connectivity index (χ1v) is 5.48. The zero-order valence-corrected chi connectivity index (χ0v) is 10.1. The van der Waals surface area contributed by atoms with E-state index in [1.807, 2.05) is 20.8 Å². The van der Waals surface area contributed by atoms with Gasteiger partial charge in [0.05, 0.1) is 5.66 Å². The SMILES string of the molecule is CC(C)(C)C(=O)CCC1(CCN=[N+]=[N-])NN1. The number of hydrogen-bond donors (Lipinski definition) is 2. The van der Waals surface area contributed by atoms with Gasteiger partial charge < -0.3 is 0 Å². The van der Waals surface area contributed by atoms with Gasteiger partial charge in [0, 0.05) is 23.3 Å². The normalized spacial score (nSPS) is 17.7. The predicted molar refractivity (Wildman–Crippen MR) is 61.3 cm³/mol. The lowest BCUT2D eigenvalue weighted by Crippen LogP contribution is -2.25. The molecule has 0 aromatic rings. The van der Waals surface area contributed by atoms with Crippen molar-refractivity contribution in [2.45, 2.75) is 45.7 Å². The van der Waals surface area contributed by atoms with E-state index >= 15 is 0 Å². The molecule has 0 spiro atoms. The van der Waals surface area contributed by atoms with Crippen LogP contribution < -0.4 is 10.9 Å². The minimum Gasteiger partial charge on any atom is -0.299 e. The van der Waals surface area contributed by atoms with Gasteiger partial charge in [-0.1, -0.05) is 25.9 Å². The number of carbonyl (C=O) groups is 1. The Balaban J connectivity index is 2.32. The first-order valence-electron chi connectivity index (χ1n) is 5.48. The van der Waals surface area contributed by atoms with E-state index in [0.717, 1.165) is 6.42 Å². The van der Waals surface area contributed by atoms with Gasteiger partial charge in [-0.15, -0.1) is 0 Å². The highest BCUT2D eigenvalue weighted by Crippen LogP contribution is 2.26. The molecule has 6 nitrogen and oxygen atoms in total. The molecule has 0 aromatic carbocycles. The molecule has 0 atom stereocenters. The molecule has 1 aliphatic heterocycles. The summed E-state index contributed by atoms with van der Waals surface area (Å²) in [5.41, 5.74) is 13.8. The predicted octanol–water partition coefficient (Wildman–Crippen LogP) is 1.89. The standard InChI is InChI=1S/C10H19N5O/c1-9(2,3)8(16)4-5-10(13-14-10)6-7-12-15-11/h13-14H,4-7H2,1-3H3. The molecule has 1 fully saturated rings. The van der Waals surface area contributed by atoms with Crippen LogP contribution in [0.25, 0.3) is 10.4 Å². The molecule has 6 heteroatoms. The largest absolute Gasteiger partial charge is 0.299 e. The van der Waals surface area contributed by atoms with Crippen LogP contribution in [0.1, 0.15) is 40.0 Å². The highest BCUT2D eigenvalue weighted by atomic mass is 16.1. The van der Waals surface area contributed by atoms with E-state index in [1.165, 1.54) is 0 Å². The second-order valence-electron chi connectivity index (χ2n) is 5.21. The number of nitrogens with zero attached hydrogens (tertiary/aromatic N) is 3. The van der Waals surface area contributed by atoms with Crippen LogP contribution in [0.5, 0.6) is 0 Å². The topological polar surface area (TPSA) is 110 Å². The third kappa shape index (κ3) is 3.81. The van der Waals surface area contributed by atoms with Gasteiger partial charge in [0.1, 0.15) is 5.78 Å². The summed E-state index contributed by atoms with van der Waals surface area (Å²) in [6, 6.07) is 0. The maximum atomic E-state index is 11.7. The third-order valence-corrected chi connectivity index (χ3v) is 2.80. The minimum atomic E-state index is -0.277. The van der Waals surface area contributed by atoms with Gasteiger partial charge in [0.25, 0.3) is 0 Å². The Bertz CT molecular complexity index is 310. The van der Waals surface area contributed by atoms with Crippen molar-refractivity contribution >= 4 is 5.78 Å². The quantitative estimate of drug-likeness (QED) is 0.311. The Morgan fingerprint density at radius 2 is 2.00 bits per heavy atom. The van der Waals surface area contributed by atoms with E-state index in [-0.39, 0.29) is 16.9 Å². The van der Waals surface area contributed by atoms with Gasteiger partial charge in [-0.2, -0.15) is 0 Å². The second kappa shape index (κ2) is 4.82. The molecule has 0 radical (unpaired) electrons. The van der Waals surface area contributed by atoms with E-state index in [0.29, 0.717) is 19.4 Å². The van der Waals surface area contributed by atoms with E-state index in [2.05, 4.69) is 20.9 Å². The summed E-state index contributed by atoms with van der Waals surface area (Å²) in [5, 5.41) is 3.49. The molecule has 0 bridgehead atoms. The number of ketones is 1. The highest BCUT2D eigenvalue weighted by molar-refractivity contribution is 5.83. The Labute approximate surface area is 95.4 Å². The fraction of sp³-hybridized carbons (Fsp3) is 0.900. The zero-order chi connectivity index (χ0) is 12.2. The Morgan fingerprint density at radius 1 is 1.38 bits per heavy atom. The zero-order valence-electron chi connectivity index (χ0n) is 10.1. The molecule has 2 N–H and O–H groups in total. The first kappa shape index (κ1) is 13.0. The van der Waals surface area contributed by atoms with Crippen molar-refractivity contribution in [1.82, 2.24) is 10.9 Å². The van der Waals surface area contributed by atoms with Crippen LogP contribution >= 0.6 is 0 Å². The molecule has 90 valence electrons. The maximum absolute atomic E-state index is 11.7. The summed E-state index contributed by atoms with van der Waals surface area (Å²) in [6.45, 7) is 6.22. The molecule has 1 saturated heterocycles. The van der Waals surface area contributed by atoms with Crippen LogP contribution in [0.4, 0.5) is 0 Å². The number of Topliss-reactive ketones (excluding diaryl/α,β-unsaturated/α-hetero) is 1.